The van der Waals surface area contributed by atoms with Gasteiger partial charge in [-0.15, -0.1) is 0 Å². The van der Waals surface area contributed by atoms with Crippen molar-refractivity contribution < 1.29 is 4.79 Å². The van der Waals surface area contributed by atoms with Crippen molar-refractivity contribution in [3.63, 3.8) is 0 Å². The SMILES string of the molecule is CCC(NC(=O)CC1CCN(C)CC1)c1ccc(C)cc1. The van der Waals surface area contributed by atoms with Crippen molar-refractivity contribution in [2.45, 2.75) is 45.6 Å². The van der Waals surface area contributed by atoms with Crippen LogP contribution in [0.25, 0.3) is 0 Å². The summed E-state index contributed by atoms with van der Waals surface area (Å²) in [4.78, 5) is 14.6. The predicted molar refractivity (Wildman–Crippen MR) is 87.2 cm³/mol. The highest BCUT2D eigenvalue weighted by atomic mass is 16.1. The molecule has 0 aromatic heterocycles. The Bertz CT molecular complexity index is 447. The quantitative estimate of drug-likeness (QED) is 0.901. The van der Waals surface area contributed by atoms with Gasteiger partial charge in [-0.25, -0.2) is 0 Å². The number of rotatable bonds is 5. The molecule has 21 heavy (non-hydrogen) atoms. The summed E-state index contributed by atoms with van der Waals surface area (Å²) in [6.07, 6.45) is 3.90. The minimum absolute atomic E-state index is 0.143. The van der Waals surface area contributed by atoms with Gasteiger partial charge in [-0.3, -0.25) is 4.79 Å². The number of nitrogens with one attached hydrogen (secondary N) is 1. The van der Waals surface area contributed by atoms with Crippen LogP contribution in [0.1, 0.15) is 49.8 Å². The van der Waals surface area contributed by atoms with Gasteiger partial charge < -0.3 is 10.2 Å². The molecule has 116 valence electrons. The van der Waals surface area contributed by atoms with Crippen LogP contribution in [-0.2, 0) is 4.79 Å². The van der Waals surface area contributed by atoms with Gasteiger partial charge in [-0.2, -0.15) is 0 Å². The lowest BCUT2D eigenvalue weighted by Gasteiger charge is -2.29. The molecular formula is C18H28N2O. The molecule has 1 saturated heterocycles. The molecule has 1 atom stereocenters. The lowest BCUT2D eigenvalue weighted by Crippen LogP contribution is -2.34. The van der Waals surface area contributed by atoms with Gasteiger partial charge in [0.1, 0.15) is 0 Å². The third-order valence-electron chi connectivity index (χ3n) is 4.54. The van der Waals surface area contributed by atoms with Crippen LogP contribution in [0.3, 0.4) is 0 Å². The number of hydrogen-bond acceptors (Lipinski definition) is 2. The summed E-state index contributed by atoms with van der Waals surface area (Å²) in [5, 5.41) is 3.21. The summed E-state index contributed by atoms with van der Waals surface area (Å²) in [6.45, 7) is 6.45. The maximum absolute atomic E-state index is 12.3. The van der Waals surface area contributed by atoms with Crippen LogP contribution >= 0.6 is 0 Å². The van der Waals surface area contributed by atoms with Gasteiger partial charge in [-0.05, 0) is 57.8 Å². The molecule has 1 aromatic rings. The average molecular weight is 288 g/mol. The zero-order valence-corrected chi connectivity index (χ0v) is 13.6. The normalized spacial score (nSPS) is 18.4. The fourth-order valence-corrected chi connectivity index (χ4v) is 3.00. The van der Waals surface area contributed by atoms with Crippen LogP contribution in [0.15, 0.2) is 24.3 Å². The Hall–Kier alpha value is -1.35. The molecule has 3 nitrogen and oxygen atoms in total. The highest BCUT2D eigenvalue weighted by Gasteiger charge is 2.21. The number of carbonyl (C=O) groups excluding carboxylic acids is 1. The molecule has 1 N–H and O–H groups in total. The second-order valence-electron chi connectivity index (χ2n) is 6.39. The molecule has 1 heterocycles. The molecule has 1 aliphatic heterocycles. The number of hydrogen-bond donors (Lipinski definition) is 1. The van der Waals surface area contributed by atoms with Crippen LogP contribution in [0, 0.1) is 12.8 Å². The Morgan fingerprint density at radius 3 is 2.48 bits per heavy atom. The lowest BCUT2D eigenvalue weighted by atomic mass is 9.93. The maximum Gasteiger partial charge on any atom is 0.220 e. The maximum atomic E-state index is 12.3. The van der Waals surface area contributed by atoms with Gasteiger partial charge in [0, 0.05) is 6.42 Å². The van der Waals surface area contributed by atoms with Crippen molar-refractivity contribution in [2.24, 2.45) is 5.92 Å². The predicted octanol–water partition coefficient (Wildman–Crippen LogP) is 3.29. The molecule has 0 bridgehead atoms. The summed E-state index contributed by atoms with van der Waals surface area (Å²) >= 11 is 0. The van der Waals surface area contributed by atoms with Crippen LogP contribution < -0.4 is 5.32 Å². The summed E-state index contributed by atoms with van der Waals surface area (Å²) in [7, 11) is 2.15. The van der Waals surface area contributed by atoms with Gasteiger partial charge in [0.05, 0.1) is 6.04 Å². The zero-order valence-electron chi connectivity index (χ0n) is 13.6. The van der Waals surface area contributed by atoms with Crippen molar-refractivity contribution in [2.75, 3.05) is 20.1 Å². The van der Waals surface area contributed by atoms with Gasteiger partial charge in [-0.1, -0.05) is 36.8 Å². The van der Waals surface area contributed by atoms with Gasteiger partial charge >= 0.3 is 0 Å². The van der Waals surface area contributed by atoms with Crippen molar-refractivity contribution in [3.05, 3.63) is 35.4 Å². The first-order valence-corrected chi connectivity index (χ1v) is 8.13. The molecule has 3 heteroatoms. The summed E-state index contributed by atoms with van der Waals surface area (Å²) < 4.78 is 0. The lowest BCUT2D eigenvalue weighted by molar-refractivity contribution is -0.123. The minimum Gasteiger partial charge on any atom is -0.349 e. The molecule has 1 unspecified atom stereocenters. The number of nitrogens with zero attached hydrogens (tertiary/aromatic N) is 1. The van der Waals surface area contributed by atoms with Crippen LogP contribution in [0.5, 0.6) is 0 Å². The van der Waals surface area contributed by atoms with Gasteiger partial charge in [0.25, 0.3) is 0 Å². The Kier molecular flexibility index (Phi) is 5.80. The number of amides is 1. The van der Waals surface area contributed by atoms with E-state index in [0.717, 1.165) is 32.4 Å². The summed E-state index contributed by atoms with van der Waals surface area (Å²) in [5.41, 5.74) is 2.46. The number of piperidine rings is 1. The molecule has 0 radical (unpaired) electrons. The monoisotopic (exact) mass is 288 g/mol. The van der Waals surface area contributed by atoms with E-state index in [-0.39, 0.29) is 11.9 Å². The minimum atomic E-state index is 0.143. The number of benzene rings is 1. The van der Waals surface area contributed by atoms with Crippen LogP contribution in [0.2, 0.25) is 0 Å². The first-order valence-electron chi connectivity index (χ1n) is 8.13. The highest BCUT2D eigenvalue weighted by molar-refractivity contribution is 5.76. The third kappa shape index (κ3) is 4.85. The van der Waals surface area contributed by atoms with E-state index in [4.69, 9.17) is 0 Å². The van der Waals surface area contributed by atoms with E-state index in [0.29, 0.717) is 12.3 Å². The van der Waals surface area contributed by atoms with Crippen molar-refractivity contribution in [1.82, 2.24) is 10.2 Å². The Morgan fingerprint density at radius 1 is 1.29 bits per heavy atom. The molecule has 1 aliphatic rings. The summed E-state index contributed by atoms with van der Waals surface area (Å²) in [6, 6.07) is 8.62. The Labute approximate surface area is 128 Å². The molecule has 0 saturated carbocycles. The molecular weight excluding hydrogens is 260 g/mol. The fourth-order valence-electron chi connectivity index (χ4n) is 3.00. The number of aryl methyl sites for hydroxylation is 1. The first-order chi connectivity index (χ1) is 10.1. The standard InChI is InChI=1S/C18H28N2O/c1-4-17(16-7-5-14(2)6-8-16)19-18(21)13-15-9-11-20(3)12-10-15/h5-8,15,17H,4,9-13H2,1-3H3,(H,19,21). The third-order valence-corrected chi connectivity index (χ3v) is 4.54. The molecule has 0 aliphatic carbocycles. The van der Waals surface area contributed by atoms with Crippen LogP contribution in [0.4, 0.5) is 0 Å². The smallest absolute Gasteiger partial charge is 0.220 e. The molecule has 1 aromatic carbocycles. The second-order valence-corrected chi connectivity index (χ2v) is 6.39. The van der Waals surface area contributed by atoms with Crippen molar-refractivity contribution >= 4 is 5.91 Å². The number of carbonyl (C=O) groups is 1. The topological polar surface area (TPSA) is 32.3 Å². The van der Waals surface area contributed by atoms with E-state index in [9.17, 15) is 4.79 Å². The van der Waals surface area contributed by atoms with E-state index in [1.165, 1.54) is 11.1 Å². The molecule has 1 fully saturated rings. The molecule has 1 amide bonds. The van der Waals surface area contributed by atoms with E-state index in [2.05, 4.69) is 55.4 Å². The fraction of sp³-hybridized carbons (Fsp3) is 0.611. The van der Waals surface area contributed by atoms with E-state index in [1.807, 2.05) is 0 Å². The van der Waals surface area contributed by atoms with E-state index in [1.54, 1.807) is 0 Å². The molecule has 2 rings (SSSR count). The second kappa shape index (κ2) is 7.60. The van der Waals surface area contributed by atoms with E-state index >= 15 is 0 Å². The highest BCUT2D eigenvalue weighted by Crippen LogP contribution is 2.21. The van der Waals surface area contributed by atoms with Gasteiger partial charge in [0.2, 0.25) is 5.91 Å². The zero-order chi connectivity index (χ0) is 15.2. The van der Waals surface area contributed by atoms with Crippen molar-refractivity contribution in [3.8, 4) is 0 Å². The molecule has 0 spiro atoms. The van der Waals surface area contributed by atoms with Gasteiger partial charge in [0.15, 0.2) is 0 Å². The summed E-state index contributed by atoms with van der Waals surface area (Å²) in [5.74, 6) is 0.758. The van der Waals surface area contributed by atoms with E-state index < -0.39 is 0 Å². The number of likely N-dealkylation sites (tertiary alicyclic amines) is 1. The first kappa shape index (κ1) is 16.0. The largest absolute Gasteiger partial charge is 0.349 e. The average Bonchev–Trinajstić information content (AvgIpc) is 2.48. The Morgan fingerprint density at radius 2 is 1.90 bits per heavy atom. The van der Waals surface area contributed by atoms with Crippen LogP contribution in [-0.4, -0.2) is 30.9 Å². The Balaban J connectivity index is 1.86. The van der Waals surface area contributed by atoms with Crippen molar-refractivity contribution in [1.29, 1.82) is 0 Å².